The van der Waals surface area contributed by atoms with Crippen LogP contribution in [0.5, 0.6) is 11.5 Å². The van der Waals surface area contributed by atoms with Gasteiger partial charge in [0, 0.05) is 29.9 Å². The van der Waals surface area contributed by atoms with Crippen molar-refractivity contribution in [3.8, 4) is 11.5 Å². The van der Waals surface area contributed by atoms with Crippen molar-refractivity contribution >= 4 is 35.1 Å². The summed E-state index contributed by atoms with van der Waals surface area (Å²) in [5.74, 6) is -0.610. The highest BCUT2D eigenvalue weighted by Crippen LogP contribution is 2.45. The molecule has 11 heteroatoms. The van der Waals surface area contributed by atoms with Crippen LogP contribution < -0.4 is 19.9 Å². The standard InChI is InChI=1S/C23H27ClFN5O4/c1-2-34-17-9-16(32)19(25)20(18(17)24)29-11-12-10-26-22(27-13-3-7-15(31)8-4-13)28-21(12)30(23(29)33)14-5-6-14/h9-10,13-15,31-32H,2-8,11H2,1H3,(H,26,27,28). The van der Waals surface area contributed by atoms with E-state index in [1.807, 2.05) is 0 Å². The van der Waals surface area contributed by atoms with Crippen LogP contribution in [0, 0.1) is 5.82 Å². The topological polar surface area (TPSA) is 111 Å². The van der Waals surface area contributed by atoms with E-state index in [1.54, 1.807) is 18.0 Å². The van der Waals surface area contributed by atoms with Crippen LogP contribution in [0.2, 0.25) is 5.02 Å². The molecule has 3 aliphatic rings. The summed E-state index contributed by atoms with van der Waals surface area (Å²) in [7, 11) is 0. The fraction of sp³-hybridized carbons (Fsp3) is 0.522. The second-order valence-electron chi connectivity index (χ2n) is 8.97. The van der Waals surface area contributed by atoms with E-state index in [2.05, 4.69) is 15.3 Å². The summed E-state index contributed by atoms with van der Waals surface area (Å²) >= 11 is 6.43. The van der Waals surface area contributed by atoms with E-state index in [-0.39, 0.29) is 47.8 Å². The minimum absolute atomic E-state index is 0.00105. The number of rotatable bonds is 6. The molecule has 1 aromatic heterocycles. The van der Waals surface area contributed by atoms with Crippen molar-refractivity contribution < 1.29 is 24.1 Å². The number of anilines is 3. The maximum Gasteiger partial charge on any atom is 0.330 e. The third kappa shape index (κ3) is 4.20. The summed E-state index contributed by atoms with van der Waals surface area (Å²) in [6.07, 6.45) is 6.09. The van der Waals surface area contributed by atoms with Gasteiger partial charge in [-0.3, -0.25) is 9.80 Å². The first-order chi connectivity index (χ1) is 16.4. The third-order valence-corrected chi connectivity index (χ3v) is 6.84. The first-order valence-corrected chi connectivity index (χ1v) is 12.0. The van der Waals surface area contributed by atoms with Gasteiger partial charge >= 0.3 is 6.03 Å². The van der Waals surface area contributed by atoms with Crippen molar-refractivity contribution in [2.24, 2.45) is 0 Å². The fourth-order valence-corrected chi connectivity index (χ4v) is 4.86. The Hall–Kier alpha value is -2.85. The van der Waals surface area contributed by atoms with Gasteiger partial charge in [-0.05, 0) is 45.4 Å². The monoisotopic (exact) mass is 491 g/mol. The van der Waals surface area contributed by atoms with Crippen molar-refractivity contribution in [2.45, 2.75) is 70.2 Å². The predicted octanol–water partition coefficient (Wildman–Crippen LogP) is 4.20. The SMILES string of the molecule is CCOc1cc(O)c(F)c(N2Cc3cnc(NC4CCC(O)CC4)nc3N(C3CC3)C2=O)c1Cl. The number of aromatic nitrogens is 2. The number of fused-ring (bicyclic) bond motifs is 1. The Morgan fingerprint density at radius 1 is 1.26 bits per heavy atom. The van der Waals surface area contributed by atoms with Gasteiger partial charge in [0.2, 0.25) is 5.95 Å². The average molecular weight is 492 g/mol. The molecule has 1 aliphatic heterocycles. The quantitative estimate of drug-likeness (QED) is 0.555. The van der Waals surface area contributed by atoms with Crippen LogP contribution in [0.1, 0.15) is 51.0 Å². The third-order valence-electron chi connectivity index (χ3n) is 6.47. The highest BCUT2D eigenvalue weighted by Gasteiger charge is 2.43. The average Bonchev–Trinajstić information content (AvgIpc) is 3.65. The summed E-state index contributed by atoms with van der Waals surface area (Å²) in [6, 6.07) is 0.752. The van der Waals surface area contributed by atoms with Crippen LogP contribution in [0.3, 0.4) is 0 Å². The number of carbonyl (C=O) groups excluding carboxylic acids is 1. The number of halogens is 2. The number of phenols is 1. The summed E-state index contributed by atoms with van der Waals surface area (Å²) in [4.78, 5) is 25.4. The van der Waals surface area contributed by atoms with E-state index >= 15 is 4.39 Å². The lowest BCUT2D eigenvalue weighted by Gasteiger charge is -2.37. The summed E-state index contributed by atoms with van der Waals surface area (Å²) in [6.45, 7) is 2.00. The van der Waals surface area contributed by atoms with Crippen LogP contribution in [0.15, 0.2) is 12.3 Å². The van der Waals surface area contributed by atoms with Gasteiger partial charge in [-0.2, -0.15) is 4.98 Å². The molecule has 182 valence electrons. The first kappa shape index (κ1) is 22.9. The molecular formula is C23H27ClFN5O4. The number of urea groups is 1. The Balaban J connectivity index is 1.49. The highest BCUT2D eigenvalue weighted by molar-refractivity contribution is 6.35. The minimum atomic E-state index is -0.986. The van der Waals surface area contributed by atoms with E-state index in [1.165, 1.54) is 4.90 Å². The van der Waals surface area contributed by atoms with E-state index in [4.69, 9.17) is 16.3 Å². The zero-order valence-electron chi connectivity index (χ0n) is 18.8. The molecule has 0 spiro atoms. The number of benzene rings is 1. The maximum atomic E-state index is 15.1. The summed E-state index contributed by atoms with van der Waals surface area (Å²) < 4.78 is 20.5. The molecule has 0 bridgehead atoms. The largest absolute Gasteiger partial charge is 0.505 e. The molecule has 2 aromatic rings. The fourth-order valence-electron chi connectivity index (χ4n) is 4.57. The molecule has 34 heavy (non-hydrogen) atoms. The van der Waals surface area contributed by atoms with Crippen LogP contribution >= 0.6 is 11.6 Å². The van der Waals surface area contributed by atoms with Crippen molar-refractivity contribution in [1.29, 1.82) is 0 Å². The lowest BCUT2D eigenvalue weighted by molar-refractivity contribution is 0.126. The molecule has 2 saturated carbocycles. The Morgan fingerprint density at radius 3 is 2.68 bits per heavy atom. The number of aromatic hydroxyl groups is 1. The van der Waals surface area contributed by atoms with Gasteiger partial charge < -0.3 is 20.3 Å². The van der Waals surface area contributed by atoms with Gasteiger partial charge in [0.25, 0.3) is 0 Å². The number of aliphatic hydroxyl groups is 1. The number of carbonyl (C=O) groups is 1. The van der Waals surface area contributed by atoms with E-state index < -0.39 is 17.6 Å². The Labute approximate surface area is 201 Å². The second kappa shape index (κ2) is 9.07. The molecule has 0 saturated heterocycles. The van der Waals surface area contributed by atoms with Crippen molar-refractivity contribution in [1.82, 2.24) is 9.97 Å². The van der Waals surface area contributed by atoms with Crippen LogP contribution in [-0.2, 0) is 6.54 Å². The Kier molecular flexibility index (Phi) is 6.11. The number of phenolic OH excluding ortho intramolecular Hbond substituents is 1. The van der Waals surface area contributed by atoms with Gasteiger partial charge in [-0.25, -0.2) is 14.2 Å². The molecule has 2 fully saturated rings. The Morgan fingerprint density at radius 2 is 2.00 bits per heavy atom. The number of nitrogens with zero attached hydrogens (tertiary/aromatic N) is 4. The lowest BCUT2D eigenvalue weighted by Crippen LogP contribution is -2.49. The molecule has 0 radical (unpaired) electrons. The zero-order chi connectivity index (χ0) is 24.0. The smallest absolute Gasteiger partial charge is 0.330 e. The Bertz CT molecular complexity index is 1110. The van der Waals surface area contributed by atoms with Crippen LogP contribution in [0.4, 0.5) is 26.6 Å². The molecule has 0 atom stereocenters. The highest BCUT2D eigenvalue weighted by atomic mass is 35.5. The van der Waals surface area contributed by atoms with Gasteiger partial charge in [-0.15, -0.1) is 0 Å². The van der Waals surface area contributed by atoms with Gasteiger partial charge in [0.05, 0.1) is 19.3 Å². The number of hydrogen-bond donors (Lipinski definition) is 3. The molecule has 2 heterocycles. The number of amides is 2. The van der Waals surface area contributed by atoms with Gasteiger partial charge in [0.1, 0.15) is 22.3 Å². The molecule has 2 aliphatic carbocycles. The second-order valence-corrected chi connectivity index (χ2v) is 9.34. The van der Waals surface area contributed by atoms with Crippen molar-refractivity contribution in [3.05, 3.63) is 28.7 Å². The van der Waals surface area contributed by atoms with Crippen LogP contribution in [-0.4, -0.2) is 51.0 Å². The van der Waals surface area contributed by atoms with E-state index in [9.17, 15) is 15.0 Å². The molecule has 3 N–H and O–H groups in total. The lowest BCUT2D eigenvalue weighted by atomic mass is 9.93. The van der Waals surface area contributed by atoms with E-state index in [0.717, 1.165) is 44.6 Å². The molecule has 0 unspecified atom stereocenters. The maximum absolute atomic E-state index is 15.1. The van der Waals surface area contributed by atoms with Gasteiger partial charge in [-0.1, -0.05) is 11.6 Å². The summed E-state index contributed by atoms with van der Waals surface area (Å²) in [5, 5.41) is 23.1. The first-order valence-electron chi connectivity index (χ1n) is 11.6. The molecule has 2 amide bonds. The number of nitrogens with one attached hydrogen (secondary N) is 1. The number of hydrogen-bond acceptors (Lipinski definition) is 7. The minimum Gasteiger partial charge on any atom is -0.505 e. The normalized spacial score (nSPS) is 22.5. The zero-order valence-corrected chi connectivity index (χ0v) is 19.6. The molecule has 9 nitrogen and oxygen atoms in total. The molecule has 5 rings (SSSR count). The van der Waals surface area contributed by atoms with Crippen LogP contribution in [0.25, 0.3) is 0 Å². The molecule has 1 aromatic carbocycles. The van der Waals surface area contributed by atoms with Crippen molar-refractivity contribution in [2.75, 3.05) is 21.7 Å². The van der Waals surface area contributed by atoms with Gasteiger partial charge in [0.15, 0.2) is 11.6 Å². The number of aliphatic hydroxyl groups excluding tert-OH is 1. The van der Waals surface area contributed by atoms with Crippen molar-refractivity contribution in [3.63, 3.8) is 0 Å². The molecular weight excluding hydrogens is 465 g/mol. The number of ether oxygens (including phenoxy) is 1. The predicted molar refractivity (Wildman–Crippen MR) is 125 cm³/mol. The summed E-state index contributed by atoms with van der Waals surface area (Å²) in [5.41, 5.74) is 0.419. The van der Waals surface area contributed by atoms with E-state index in [0.29, 0.717) is 17.3 Å².